The quantitative estimate of drug-likeness (QED) is 0.0908. The van der Waals surface area contributed by atoms with Gasteiger partial charge in [-0.05, 0) is 50.4 Å². The number of ether oxygens (including phenoxy) is 1. The summed E-state index contributed by atoms with van der Waals surface area (Å²) in [6.07, 6.45) is 10.0. The summed E-state index contributed by atoms with van der Waals surface area (Å²) >= 11 is 0. The van der Waals surface area contributed by atoms with Gasteiger partial charge in [-0.25, -0.2) is 4.79 Å². The van der Waals surface area contributed by atoms with Gasteiger partial charge in [-0.15, -0.1) is 0 Å². The Morgan fingerprint density at radius 3 is 2.12 bits per heavy atom. The van der Waals surface area contributed by atoms with Crippen LogP contribution in [0.5, 0.6) is 0 Å². The van der Waals surface area contributed by atoms with E-state index in [4.69, 9.17) is 10.5 Å². The zero-order chi connectivity index (χ0) is 38.2. The second kappa shape index (κ2) is 21.4. The highest BCUT2D eigenvalue weighted by Crippen LogP contribution is 2.31. The summed E-state index contributed by atoms with van der Waals surface area (Å²) in [4.78, 5) is 104. The largest absolute Gasteiger partial charge is 0.480 e. The zero-order valence-corrected chi connectivity index (χ0v) is 30.6. The number of nitrogens with one attached hydrogen (secondary N) is 4. The molecule has 6 amide bonds. The molecule has 1 saturated heterocycles. The zero-order valence-electron chi connectivity index (χ0n) is 30.6. The number of ketones is 1. The number of hydrogen-bond acceptors (Lipinski definition) is 9. The van der Waals surface area contributed by atoms with E-state index < -0.39 is 84.7 Å². The second-order valence-corrected chi connectivity index (χ2v) is 14.4. The monoisotopic (exact) mass is 734 g/mol. The van der Waals surface area contributed by atoms with Gasteiger partial charge >= 0.3 is 5.97 Å². The maximum absolute atomic E-state index is 14.4. The summed E-state index contributed by atoms with van der Waals surface area (Å²) in [5.74, 6) is -6.07. The number of primary amides is 1. The third kappa shape index (κ3) is 13.2. The fourth-order valence-corrected chi connectivity index (χ4v) is 7.51. The minimum atomic E-state index is -1.29. The highest BCUT2D eigenvalue weighted by molar-refractivity contribution is 6.38. The molecule has 16 heteroatoms. The van der Waals surface area contributed by atoms with Crippen LogP contribution in [-0.4, -0.2) is 107 Å². The molecule has 0 aromatic rings. The van der Waals surface area contributed by atoms with Crippen LogP contribution in [-0.2, 0) is 43.1 Å². The van der Waals surface area contributed by atoms with E-state index in [0.29, 0.717) is 25.7 Å². The van der Waals surface area contributed by atoms with Crippen LogP contribution in [0.3, 0.4) is 0 Å². The Hall–Kier alpha value is -4.08. The van der Waals surface area contributed by atoms with Gasteiger partial charge in [0.1, 0.15) is 24.7 Å². The third-order valence-corrected chi connectivity index (χ3v) is 10.3. The summed E-state index contributed by atoms with van der Waals surface area (Å²) in [6, 6.07) is -4.27. The number of rotatable bonds is 21. The second-order valence-electron chi connectivity index (χ2n) is 14.4. The lowest BCUT2D eigenvalue weighted by Crippen LogP contribution is -2.58. The molecule has 16 nitrogen and oxygen atoms in total. The lowest BCUT2D eigenvalue weighted by molar-refractivity contribution is -0.145. The minimum absolute atomic E-state index is 0.0588. The molecule has 0 aromatic carbocycles. The molecule has 3 aliphatic rings. The predicted molar refractivity (Wildman–Crippen MR) is 188 cm³/mol. The van der Waals surface area contributed by atoms with E-state index in [2.05, 4.69) is 21.3 Å². The van der Waals surface area contributed by atoms with Crippen LogP contribution >= 0.6 is 0 Å². The van der Waals surface area contributed by atoms with Crippen molar-refractivity contribution in [1.82, 2.24) is 26.2 Å². The summed E-state index contributed by atoms with van der Waals surface area (Å²) in [7, 11) is 0. The van der Waals surface area contributed by atoms with Gasteiger partial charge in [0, 0.05) is 19.4 Å². The summed E-state index contributed by atoms with van der Waals surface area (Å²) in [6.45, 7) is 2.32. The van der Waals surface area contributed by atoms with Crippen molar-refractivity contribution in [2.75, 3.05) is 19.7 Å². The Labute approximate surface area is 305 Å². The van der Waals surface area contributed by atoms with Crippen molar-refractivity contribution in [3.63, 3.8) is 0 Å². The van der Waals surface area contributed by atoms with E-state index in [9.17, 15) is 43.5 Å². The molecule has 292 valence electrons. The highest BCUT2D eigenvalue weighted by Gasteiger charge is 2.45. The van der Waals surface area contributed by atoms with Gasteiger partial charge in [-0.3, -0.25) is 33.6 Å². The Morgan fingerprint density at radius 2 is 1.50 bits per heavy atom. The average Bonchev–Trinajstić information content (AvgIpc) is 3.80. The third-order valence-electron chi connectivity index (χ3n) is 10.3. The van der Waals surface area contributed by atoms with Crippen LogP contribution in [0.15, 0.2) is 0 Å². The number of amides is 6. The van der Waals surface area contributed by atoms with E-state index in [1.165, 1.54) is 4.90 Å². The van der Waals surface area contributed by atoms with Gasteiger partial charge in [0.05, 0.1) is 18.7 Å². The van der Waals surface area contributed by atoms with Crippen LogP contribution in [0, 0.1) is 11.8 Å². The smallest absolute Gasteiger partial charge is 0.329 e. The Bertz CT molecular complexity index is 1280. The maximum Gasteiger partial charge on any atom is 0.329 e. The molecule has 0 spiro atoms. The van der Waals surface area contributed by atoms with Gasteiger partial charge in [-0.2, -0.15) is 0 Å². The van der Waals surface area contributed by atoms with Crippen LogP contribution in [0.25, 0.3) is 0 Å². The normalized spacial score (nSPS) is 21.1. The van der Waals surface area contributed by atoms with Gasteiger partial charge in [0.15, 0.2) is 0 Å². The van der Waals surface area contributed by atoms with Gasteiger partial charge in [0.25, 0.3) is 5.91 Å². The molecule has 2 saturated carbocycles. The van der Waals surface area contributed by atoms with Gasteiger partial charge in [0.2, 0.25) is 35.3 Å². The van der Waals surface area contributed by atoms with Crippen molar-refractivity contribution < 1.29 is 48.2 Å². The Kier molecular flexibility index (Phi) is 17.5. The number of likely N-dealkylation sites (tertiary alicyclic amines) is 1. The number of nitrogens with two attached hydrogens (primary N) is 1. The number of carbonyl (C=O) groups excluding carboxylic acids is 7. The number of carboxylic acids is 1. The molecule has 52 heavy (non-hydrogen) atoms. The number of unbranched alkanes of at least 4 members (excludes halogenated alkanes) is 1. The lowest BCUT2D eigenvalue weighted by atomic mass is 9.83. The van der Waals surface area contributed by atoms with Crippen molar-refractivity contribution in [3.8, 4) is 0 Å². The van der Waals surface area contributed by atoms with Crippen molar-refractivity contribution in [1.29, 1.82) is 0 Å². The van der Waals surface area contributed by atoms with Crippen LogP contribution in [0.2, 0.25) is 0 Å². The Balaban J connectivity index is 1.74. The standard InChI is InChI=1S/C36H58N6O10/c1-3-5-16-26(33(37)48)39-29(44)19-38-35(50)32(47)25(11-4-2)40-34(49)27-18-24(52-21-30(45)46)20-42(27)36(51)31(23-14-7-6-8-15-23)41-28(43)17-22-12-9-10-13-22/h22-27,31H,3-21H2,1-2H3,(H2,37,48)(H,38,50)(H,39,44)(H,40,49)(H,41,43)(H,45,46). The summed E-state index contributed by atoms with van der Waals surface area (Å²) in [5, 5.41) is 19.5. The van der Waals surface area contributed by atoms with Crippen LogP contribution < -0.4 is 27.0 Å². The molecule has 5 unspecified atom stereocenters. The summed E-state index contributed by atoms with van der Waals surface area (Å²) < 4.78 is 5.52. The number of hydrogen-bond donors (Lipinski definition) is 6. The molecule has 3 fully saturated rings. The first kappa shape index (κ1) is 42.3. The van der Waals surface area contributed by atoms with E-state index in [1.807, 2.05) is 6.92 Å². The molecule has 0 aromatic heterocycles. The molecule has 7 N–H and O–H groups in total. The Morgan fingerprint density at radius 1 is 0.827 bits per heavy atom. The van der Waals surface area contributed by atoms with Gasteiger partial charge < -0.3 is 41.7 Å². The molecule has 5 atom stereocenters. The molecular weight excluding hydrogens is 676 g/mol. The number of carboxylic acid groups (broad SMARTS) is 1. The highest BCUT2D eigenvalue weighted by atomic mass is 16.5. The lowest BCUT2D eigenvalue weighted by Gasteiger charge is -2.35. The average molecular weight is 735 g/mol. The van der Waals surface area contributed by atoms with E-state index in [-0.39, 0.29) is 37.1 Å². The molecule has 2 aliphatic carbocycles. The van der Waals surface area contributed by atoms with Crippen molar-refractivity contribution in [2.24, 2.45) is 17.6 Å². The first-order valence-electron chi connectivity index (χ1n) is 19.0. The van der Waals surface area contributed by atoms with Crippen molar-refractivity contribution in [2.45, 2.75) is 147 Å². The summed E-state index contributed by atoms with van der Waals surface area (Å²) in [5.41, 5.74) is 5.36. The van der Waals surface area contributed by atoms with E-state index in [0.717, 1.165) is 64.2 Å². The van der Waals surface area contributed by atoms with Crippen LogP contribution in [0.1, 0.15) is 117 Å². The molecule has 1 aliphatic heterocycles. The number of carbonyl (C=O) groups is 8. The molecule has 3 rings (SSSR count). The molecule has 1 heterocycles. The van der Waals surface area contributed by atoms with E-state index >= 15 is 0 Å². The number of nitrogens with zero attached hydrogens (tertiary/aromatic N) is 1. The molecule has 0 radical (unpaired) electrons. The van der Waals surface area contributed by atoms with Crippen molar-refractivity contribution >= 4 is 47.2 Å². The SMILES string of the molecule is CCCCC(NC(=O)CNC(=O)C(=O)C(CCC)NC(=O)C1CC(OCC(=O)O)CN1C(=O)C(NC(=O)CC1CCCC1)C1CCCCC1)C(N)=O. The topological polar surface area (TPSA) is 243 Å². The van der Waals surface area contributed by atoms with E-state index in [1.54, 1.807) is 6.92 Å². The predicted octanol–water partition coefficient (Wildman–Crippen LogP) is 0.833. The fraction of sp³-hybridized carbons (Fsp3) is 0.778. The number of Topliss-reactive ketones (excluding diaryl/α,β-unsaturated/α-hetero) is 1. The molecular formula is C36H58N6O10. The maximum atomic E-state index is 14.4. The minimum Gasteiger partial charge on any atom is -0.480 e. The fourth-order valence-electron chi connectivity index (χ4n) is 7.51. The van der Waals surface area contributed by atoms with Crippen molar-refractivity contribution in [3.05, 3.63) is 0 Å². The van der Waals surface area contributed by atoms with Crippen LogP contribution in [0.4, 0.5) is 0 Å². The number of aliphatic carboxylic acids is 1. The first-order chi connectivity index (χ1) is 24.8. The molecule has 0 bridgehead atoms. The first-order valence-corrected chi connectivity index (χ1v) is 19.0. The van der Waals surface area contributed by atoms with Gasteiger partial charge in [-0.1, -0.05) is 65.2 Å².